The number of ether oxygens (including phenoxy) is 1. The highest BCUT2D eigenvalue weighted by Crippen LogP contribution is 2.48. The summed E-state index contributed by atoms with van der Waals surface area (Å²) >= 11 is 0. The minimum absolute atomic E-state index is 0.0287. The van der Waals surface area contributed by atoms with Crippen LogP contribution in [0.4, 0.5) is 0 Å². The van der Waals surface area contributed by atoms with Gasteiger partial charge in [0.15, 0.2) is 0 Å². The Bertz CT molecular complexity index is 277. The van der Waals surface area contributed by atoms with Crippen LogP contribution in [0.25, 0.3) is 0 Å². The van der Waals surface area contributed by atoms with E-state index in [2.05, 4.69) is 19.2 Å². The number of nitrogens with one attached hydrogen (secondary N) is 1. The molecule has 0 aliphatic heterocycles. The fourth-order valence-corrected chi connectivity index (χ4v) is 3.53. The molecule has 0 radical (unpaired) electrons. The van der Waals surface area contributed by atoms with Gasteiger partial charge in [0.25, 0.3) is 0 Å². The molecule has 1 N–H and O–H groups in total. The minimum Gasteiger partial charge on any atom is -0.466 e. The van der Waals surface area contributed by atoms with Crippen LogP contribution in [0, 0.1) is 23.7 Å². The standard InChI is InChI=1S/C14H25NO2/c1-4-17-14(16)12-10-5-6-11(7-10)13(12)15-8-9(2)3/h9-13,15H,4-8H2,1-3H3/t10-,11+,12+,13-/m0/s1. The predicted octanol–water partition coefficient (Wildman–Crippen LogP) is 2.21. The van der Waals surface area contributed by atoms with E-state index in [9.17, 15) is 4.79 Å². The first kappa shape index (κ1) is 12.9. The third-order valence-electron chi connectivity index (χ3n) is 4.24. The summed E-state index contributed by atoms with van der Waals surface area (Å²) in [7, 11) is 0. The van der Waals surface area contributed by atoms with Gasteiger partial charge in [-0.05, 0) is 50.5 Å². The second-order valence-electron chi connectivity index (χ2n) is 5.94. The van der Waals surface area contributed by atoms with Crippen molar-refractivity contribution in [3.63, 3.8) is 0 Å². The maximum absolute atomic E-state index is 12.0. The van der Waals surface area contributed by atoms with Gasteiger partial charge >= 0.3 is 5.97 Å². The summed E-state index contributed by atoms with van der Waals surface area (Å²) in [5.41, 5.74) is 0. The lowest BCUT2D eigenvalue weighted by Crippen LogP contribution is -2.46. The normalized spacial score (nSPS) is 35.5. The van der Waals surface area contributed by atoms with Gasteiger partial charge in [0.2, 0.25) is 0 Å². The van der Waals surface area contributed by atoms with Crippen LogP contribution in [0.3, 0.4) is 0 Å². The lowest BCUT2D eigenvalue weighted by atomic mass is 9.84. The second kappa shape index (κ2) is 5.38. The molecule has 2 aliphatic carbocycles. The number of rotatable bonds is 5. The number of fused-ring (bicyclic) bond motifs is 2. The van der Waals surface area contributed by atoms with Gasteiger partial charge in [-0.3, -0.25) is 4.79 Å². The molecule has 0 aromatic rings. The van der Waals surface area contributed by atoms with Crippen LogP contribution in [0.1, 0.15) is 40.0 Å². The van der Waals surface area contributed by atoms with Crippen molar-refractivity contribution in [1.82, 2.24) is 5.32 Å². The zero-order valence-corrected chi connectivity index (χ0v) is 11.2. The number of esters is 1. The van der Waals surface area contributed by atoms with Crippen LogP contribution >= 0.6 is 0 Å². The van der Waals surface area contributed by atoms with Crippen LogP contribution in [0.2, 0.25) is 0 Å². The van der Waals surface area contributed by atoms with E-state index in [1.807, 2.05) is 6.92 Å². The second-order valence-corrected chi connectivity index (χ2v) is 5.94. The molecule has 0 saturated heterocycles. The summed E-state index contributed by atoms with van der Waals surface area (Å²) in [6.45, 7) is 7.81. The van der Waals surface area contributed by atoms with Crippen LogP contribution in [-0.4, -0.2) is 25.2 Å². The van der Waals surface area contributed by atoms with Gasteiger partial charge in [0, 0.05) is 6.04 Å². The van der Waals surface area contributed by atoms with E-state index in [1.54, 1.807) is 0 Å². The van der Waals surface area contributed by atoms with Gasteiger partial charge in [-0.25, -0.2) is 0 Å². The Morgan fingerprint density at radius 3 is 2.71 bits per heavy atom. The first-order valence-electron chi connectivity index (χ1n) is 7.03. The first-order chi connectivity index (χ1) is 8.13. The predicted molar refractivity (Wildman–Crippen MR) is 67.6 cm³/mol. The van der Waals surface area contributed by atoms with Crippen molar-refractivity contribution < 1.29 is 9.53 Å². The number of carbonyl (C=O) groups is 1. The quantitative estimate of drug-likeness (QED) is 0.748. The average Bonchev–Trinajstić information content (AvgIpc) is 2.86. The Morgan fingerprint density at radius 2 is 2.06 bits per heavy atom. The molecule has 2 saturated carbocycles. The van der Waals surface area contributed by atoms with E-state index in [0.717, 1.165) is 6.54 Å². The van der Waals surface area contributed by atoms with Crippen molar-refractivity contribution in [2.45, 2.75) is 46.1 Å². The summed E-state index contributed by atoms with van der Waals surface area (Å²) in [5, 5.41) is 3.60. The van der Waals surface area contributed by atoms with Gasteiger partial charge in [-0.1, -0.05) is 13.8 Å². The molecule has 98 valence electrons. The molecule has 0 unspecified atom stereocenters. The molecule has 0 spiro atoms. The molecule has 17 heavy (non-hydrogen) atoms. The van der Waals surface area contributed by atoms with Crippen LogP contribution in [-0.2, 0) is 9.53 Å². The highest BCUT2D eigenvalue weighted by Gasteiger charge is 2.51. The molecule has 3 heteroatoms. The maximum Gasteiger partial charge on any atom is 0.310 e. The zero-order chi connectivity index (χ0) is 12.4. The van der Waals surface area contributed by atoms with E-state index < -0.39 is 0 Å². The van der Waals surface area contributed by atoms with Crippen molar-refractivity contribution in [2.75, 3.05) is 13.2 Å². The molecule has 0 aromatic carbocycles. The fraction of sp³-hybridized carbons (Fsp3) is 0.929. The Balaban J connectivity index is 1.98. The Labute approximate surface area is 104 Å². The molecule has 0 aromatic heterocycles. The van der Waals surface area contributed by atoms with Crippen molar-refractivity contribution in [1.29, 1.82) is 0 Å². The van der Waals surface area contributed by atoms with Gasteiger partial charge in [-0.2, -0.15) is 0 Å². The van der Waals surface area contributed by atoms with Crippen LogP contribution in [0.15, 0.2) is 0 Å². The van der Waals surface area contributed by atoms with Crippen LogP contribution < -0.4 is 5.32 Å². The van der Waals surface area contributed by atoms with Crippen molar-refractivity contribution >= 4 is 5.97 Å². The van der Waals surface area contributed by atoms with Crippen molar-refractivity contribution in [2.24, 2.45) is 23.7 Å². The maximum atomic E-state index is 12.0. The summed E-state index contributed by atoms with van der Waals surface area (Å²) in [6, 6.07) is 0.371. The summed E-state index contributed by atoms with van der Waals surface area (Å²) in [4.78, 5) is 12.0. The Hall–Kier alpha value is -0.570. The van der Waals surface area contributed by atoms with Crippen LogP contribution in [0.5, 0.6) is 0 Å². The largest absolute Gasteiger partial charge is 0.466 e. The third-order valence-corrected chi connectivity index (χ3v) is 4.24. The smallest absolute Gasteiger partial charge is 0.310 e. The molecule has 0 amide bonds. The molecular weight excluding hydrogens is 214 g/mol. The third kappa shape index (κ3) is 2.65. The highest BCUT2D eigenvalue weighted by molar-refractivity contribution is 5.74. The molecule has 2 bridgehead atoms. The van der Waals surface area contributed by atoms with Gasteiger partial charge in [0.1, 0.15) is 0 Å². The van der Waals surface area contributed by atoms with Gasteiger partial charge in [-0.15, -0.1) is 0 Å². The molecular formula is C14H25NO2. The Kier molecular flexibility index (Phi) is 4.08. The summed E-state index contributed by atoms with van der Waals surface area (Å²) in [5.74, 6) is 2.06. The number of hydrogen-bond donors (Lipinski definition) is 1. The topological polar surface area (TPSA) is 38.3 Å². The Morgan fingerprint density at radius 1 is 1.35 bits per heavy atom. The van der Waals surface area contributed by atoms with E-state index >= 15 is 0 Å². The van der Waals surface area contributed by atoms with Gasteiger partial charge < -0.3 is 10.1 Å². The SMILES string of the molecule is CCOC(=O)[C@@H]1[C@H]2CC[C@H](C2)[C@@H]1NCC(C)C. The molecule has 2 rings (SSSR count). The van der Waals surface area contributed by atoms with Gasteiger partial charge in [0.05, 0.1) is 12.5 Å². The molecule has 0 heterocycles. The van der Waals surface area contributed by atoms with Crippen molar-refractivity contribution in [3.8, 4) is 0 Å². The average molecular weight is 239 g/mol. The molecule has 3 nitrogen and oxygen atoms in total. The first-order valence-corrected chi connectivity index (χ1v) is 7.03. The summed E-state index contributed by atoms with van der Waals surface area (Å²) in [6.07, 6.45) is 3.73. The lowest BCUT2D eigenvalue weighted by Gasteiger charge is -2.30. The van der Waals surface area contributed by atoms with E-state index in [4.69, 9.17) is 4.74 Å². The zero-order valence-electron chi connectivity index (χ0n) is 11.2. The highest BCUT2D eigenvalue weighted by atomic mass is 16.5. The molecule has 4 atom stereocenters. The monoisotopic (exact) mass is 239 g/mol. The number of hydrogen-bond acceptors (Lipinski definition) is 3. The fourth-order valence-electron chi connectivity index (χ4n) is 3.53. The lowest BCUT2D eigenvalue weighted by molar-refractivity contribution is -0.150. The number of carbonyl (C=O) groups excluding carboxylic acids is 1. The summed E-state index contributed by atoms with van der Waals surface area (Å²) < 4.78 is 5.24. The minimum atomic E-state index is 0.0287. The molecule has 2 aliphatic rings. The molecule has 2 fully saturated rings. The van der Waals surface area contributed by atoms with E-state index in [1.165, 1.54) is 19.3 Å². The van der Waals surface area contributed by atoms with E-state index in [-0.39, 0.29) is 11.9 Å². The van der Waals surface area contributed by atoms with E-state index in [0.29, 0.717) is 30.4 Å². The van der Waals surface area contributed by atoms with Crippen molar-refractivity contribution in [3.05, 3.63) is 0 Å².